The number of hydrogen-bond acceptors (Lipinski definition) is 4. The first-order valence-corrected chi connectivity index (χ1v) is 8.77. The first-order valence-electron chi connectivity index (χ1n) is 7.36. The molecule has 116 valence electrons. The van der Waals surface area contributed by atoms with Crippen LogP contribution in [-0.4, -0.2) is 25.2 Å². The van der Waals surface area contributed by atoms with Crippen LogP contribution in [0.2, 0.25) is 0 Å². The van der Waals surface area contributed by atoms with E-state index in [4.69, 9.17) is 4.18 Å². The molecule has 4 nitrogen and oxygen atoms in total. The summed E-state index contributed by atoms with van der Waals surface area (Å²) in [5.74, 6) is 0.499. The van der Waals surface area contributed by atoms with Crippen LogP contribution in [0, 0.1) is 17.3 Å². The molecule has 0 saturated heterocycles. The predicted molar refractivity (Wildman–Crippen MR) is 79.1 cm³/mol. The van der Waals surface area contributed by atoms with Crippen LogP contribution in [0.3, 0.4) is 0 Å². The van der Waals surface area contributed by atoms with Crippen molar-refractivity contribution in [2.75, 3.05) is 0 Å². The van der Waals surface area contributed by atoms with Gasteiger partial charge < -0.3 is 5.11 Å². The molecule has 0 spiro atoms. The predicted octanol–water partition coefficient (Wildman–Crippen LogP) is 2.58. The summed E-state index contributed by atoms with van der Waals surface area (Å²) < 4.78 is 30.1. The molecule has 4 rings (SSSR count). The van der Waals surface area contributed by atoms with Crippen molar-refractivity contribution in [1.29, 1.82) is 0 Å². The smallest absolute Gasteiger partial charge is 0.297 e. The number of rotatable bonds is 3. The third-order valence-corrected chi connectivity index (χ3v) is 6.94. The van der Waals surface area contributed by atoms with Gasteiger partial charge in [-0.25, -0.2) is 0 Å². The average Bonchev–Trinajstić information content (AvgIpc) is 2.41. The van der Waals surface area contributed by atoms with E-state index >= 15 is 0 Å². The largest absolute Gasteiger partial charge is 0.387 e. The Kier molecular flexibility index (Phi) is 3.24. The van der Waals surface area contributed by atoms with E-state index in [1.54, 1.807) is 25.1 Å². The highest BCUT2D eigenvalue weighted by molar-refractivity contribution is 7.86. The van der Waals surface area contributed by atoms with Gasteiger partial charge in [0.15, 0.2) is 0 Å². The minimum Gasteiger partial charge on any atom is -0.387 e. The summed E-state index contributed by atoms with van der Waals surface area (Å²) in [7, 11) is -3.83. The van der Waals surface area contributed by atoms with Gasteiger partial charge >= 0.3 is 0 Å². The Morgan fingerprint density at radius 3 is 2.29 bits per heavy atom. The Hall–Kier alpha value is -0.910. The van der Waals surface area contributed by atoms with E-state index in [2.05, 4.69) is 13.8 Å². The topological polar surface area (TPSA) is 63.6 Å². The molecule has 5 heteroatoms. The SMILES string of the molecule is CC1(C)C2CC(OS(=O)(=O)c3ccccc3)C(C)(O)C1C2. The third kappa shape index (κ3) is 2.22. The van der Waals surface area contributed by atoms with E-state index in [9.17, 15) is 13.5 Å². The molecule has 4 unspecified atom stereocenters. The summed E-state index contributed by atoms with van der Waals surface area (Å²) in [4.78, 5) is 0.138. The van der Waals surface area contributed by atoms with E-state index < -0.39 is 21.8 Å². The minimum absolute atomic E-state index is 0.0554. The third-order valence-electron chi connectivity index (χ3n) is 5.60. The summed E-state index contributed by atoms with van der Waals surface area (Å²) in [6.07, 6.45) is 0.868. The molecule has 0 aromatic heterocycles. The molecule has 0 radical (unpaired) electrons. The Morgan fingerprint density at radius 1 is 1.14 bits per heavy atom. The number of aliphatic hydroxyl groups is 1. The lowest BCUT2D eigenvalue weighted by Gasteiger charge is -2.64. The van der Waals surface area contributed by atoms with Crippen LogP contribution in [0.25, 0.3) is 0 Å². The zero-order valence-electron chi connectivity index (χ0n) is 12.6. The van der Waals surface area contributed by atoms with Crippen LogP contribution in [-0.2, 0) is 14.3 Å². The van der Waals surface area contributed by atoms with Crippen molar-refractivity contribution in [3.63, 3.8) is 0 Å². The standard InChI is InChI=1S/C16H22O4S/c1-15(2)11-9-13(15)16(3,17)14(10-11)20-21(18,19)12-7-5-4-6-8-12/h4-8,11,13-14,17H,9-10H2,1-3H3. The van der Waals surface area contributed by atoms with Crippen LogP contribution in [0.15, 0.2) is 35.2 Å². The summed E-state index contributed by atoms with van der Waals surface area (Å²) in [5, 5.41) is 10.8. The fourth-order valence-corrected chi connectivity index (χ4v) is 5.24. The molecule has 1 N–H and O–H groups in total. The first kappa shape index (κ1) is 15.0. The normalized spacial score (nSPS) is 37.8. The summed E-state index contributed by atoms with van der Waals surface area (Å²) >= 11 is 0. The van der Waals surface area contributed by atoms with Crippen LogP contribution >= 0.6 is 0 Å². The molecule has 0 aliphatic heterocycles. The van der Waals surface area contributed by atoms with Crippen molar-refractivity contribution in [3.8, 4) is 0 Å². The molecular weight excluding hydrogens is 288 g/mol. The highest BCUT2D eigenvalue weighted by Gasteiger charge is 2.64. The Bertz CT molecular complexity index is 634. The molecule has 1 aromatic rings. The molecule has 21 heavy (non-hydrogen) atoms. The molecular formula is C16H22O4S. The van der Waals surface area contributed by atoms with Gasteiger partial charge in [-0.2, -0.15) is 8.42 Å². The maximum atomic E-state index is 12.3. The molecule has 1 aromatic carbocycles. The van der Waals surface area contributed by atoms with Gasteiger partial charge in [0.2, 0.25) is 0 Å². The van der Waals surface area contributed by atoms with Crippen molar-refractivity contribution < 1.29 is 17.7 Å². The highest BCUT2D eigenvalue weighted by atomic mass is 32.2. The zero-order chi connectivity index (χ0) is 15.5. The van der Waals surface area contributed by atoms with Gasteiger partial charge in [-0.1, -0.05) is 32.0 Å². The van der Waals surface area contributed by atoms with Gasteiger partial charge in [0.1, 0.15) is 6.10 Å². The summed E-state index contributed by atoms with van der Waals surface area (Å²) in [6.45, 7) is 5.99. The lowest BCUT2D eigenvalue weighted by atomic mass is 9.43. The Balaban J connectivity index is 1.84. The lowest BCUT2D eigenvalue weighted by molar-refractivity contribution is -0.237. The van der Waals surface area contributed by atoms with Gasteiger partial charge in [0.05, 0.1) is 10.5 Å². The van der Waals surface area contributed by atoms with E-state index in [1.165, 1.54) is 12.1 Å². The molecule has 3 aliphatic rings. The molecule has 3 fully saturated rings. The van der Waals surface area contributed by atoms with Gasteiger partial charge in [0, 0.05) is 0 Å². The van der Waals surface area contributed by atoms with Crippen LogP contribution in [0.1, 0.15) is 33.6 Å². The first-order chi connectivity index (χ1) is 9.65. The molecule has 0 heterocycles. The van der Waals surface area contributed by atoms with E-state index in [0.717, 1.165) is 6.42 Å². The van der Waals surface area contributed by atoms with Crippen molar-refractivity contribution in [2.24, 2.45) is 17.3 Å². The van der Waals surface area contributed by atoms with Crippen LogP contribution in [0.4, 0.5) is 0 Å². The lowest BCUT2D eigenvalue weighted by Crippen LogP contribution is -2.67. The molecule has 3 saturated carbocycles. The second-order valence-corrected chi connectivity index (χ2v) is 8.69. The summed E-state index contributed by atoms with van der Waals surface area (Å²) in [5.41, 5.74) is -1.06. The van der Waals surface area contributed by atoms with Crippen LogP contribution < -0.4 is 0 Å². The van der Waals surface area contributed by atoms with Crippen LogP contribution in [0.5, 0.6) is 0 Å². The quantitative estimate of drug-likeness (QED) is 0.872. The van der Waals surface area contributed by atoms with E-state index in [0.29, 0.717) is 12.3 Å². The fourth-order valence-electron chi connectivity index (χ4n) is 4.06. The second kappa shape index (κ2) is 4.54. The van der Waals surface area contributed by atoms with Crippen molar-refractivity contribution in [1.82, 2.24) is 0 Å². The fraction of sp³-hybridized carbons (Fsp3) is 0.625. The molecule has 2 bridgehead atoms. The van der Waals surface area contributed by atoms with Gasteiger partial charge in [0.25, 0.3) is 10.1 Å². The number of fused-ring (bicyclic) bond motifs is 2. The van der Waals surface area contributed by atoms with Gasteiger partial charge in [-0.15, -0.1) is 0 Å². The number of hydrogen-bond donors (Lipinski definition) is 1. The molecule has 4 atom stereocenters. The van der Waals surface area contributed by atoms with E-state index in [-0.39, 0.29) is 16.2 Å². The second-order valence-electron chi connectivity index (χ2n) is 7.12. The molecule has 3 aliphatic carbocycles. The Labute approximate surface area is 126 Å². The highest BCUT2D eigenvalue weighted by Crippen LogP contribution is 2.63. The monoisotopic (exact) mass is 310 g/mol. The zero-order valence-corrected chi connectivity index (χ0v) is 13.4. The Morgan fingerprint density at radius 2 is 1.76 bits per heavy atom. The molecule has 0 amide bonds. The average molecular weight is 310 g/mol. The maximum absolute atomic E-state index is 12.3. The maximum Gasteiger partial charge on any atom is 0.297 e. The van der Waals surface area contributed by atoms with Crippen molar-refractivity contribution in [3.05, 3.63) is 30.3 Å². The van der Waals surface area contributed by atoms with E-state index in [1.807, 2.05) is 0 Å². The summed E-state index contributed by atoms with van der Waals surface area (Å²) in [6, 6.07) is 8.11. The van der Waals surface area contributed by atoms with Crippen molar-refractivity contribution >= 4 is 10.1 Å². The number of benzene rings is 1. The van der Waals surface area contributed by atoms with Crippen molar-refractivity contribution in [2.45, 2.75) is 50.2 Å². The van der Waals surface area contributed by atoms with Gasteiger partial charge in [-0.3, -0.25) is 4.18 Å². The minimum atomic E-state index is -3.83. The van der Waals surface area contributed by atoms with Gasteiger partial charge in [-0.05, 0) is 49.1 Å².